The fourth-order valence-electron chi connectivity index (χ4n) is 3.07. The molecule has 1 aliphatic rings. The van der Waals surface area contributed by atoms with Crippen molar-refractivity contribution in [2.75, 3.05) is 13.7 Å². The van der Waals surface area contributed by atoms with E-state index in [4.69, 9.17) is 0 Å². The first-order valence-electron chi connectivity index (χ1n) is 9.61. The lowest BCUT2D eigenvalue weighted by Crippen LogP contribution is -2.33. The van der Waals surface area contributed by atoms with Crippen LogP contribution >= 0.6 is 0 Å². The van der Waals surface area contributed by atoms with Gasteiger partial charge in [-0.05, 0) is 32.1 Å². The van der Waals surface area contributed by atoms with Crippen LogP contribution in [0.1, 0.15) is 65.2 Å². The van der Waals surface area contributed by atoms with Crippen LogP contribution in [0.5, 0.6) is 0 Å². The van der Waals surface area contributed by atoms with Crippen molar-refractivity contribution in [3.63, 3.8) is 0 Å². The topological polar surface area (TPSA) is 66.8 Å². The minimum absolute atomic E-state index is 0.0803. The van der Waals surface area contributed by atoms with Crippen LogP contribution in [0.3, 0.4) is 0 Å². The molecule has 3 atom stereocenters. The molecule has 0 aromatic carbocycles. The molecule has 1 amide bonds. The van der Waals surface area contributed by atoms with Crippen molar-refractivity contribution < 1.29 is 19.4 Å². The summed E-state index contributed by atoms with van der Waals surface area (Å²) in [6, 6.07) is 0.0803. The van der Waals surface area contributed by atoms with E-state index in [1.54, 1.807) is 6.92 Å². The molecule has 0 spiro atoms. The molecule has 0 aromatic rings. The predicted molar refractivity (Wildman–Crippen MR) is 102 cm³/mol. The zero-order chi connectivity index (χ0) is 19.4. The van der Waals surface area contributed by atoms with Gasteiger partial charge in [0.1, 0.15) is 0 Å². The molecule has 5 nitrogen and oxygen atoms in total. The highest BCUT2D eigenvalue weighted by Crippen LogP contribution is 2.21. The quantitative estimate of drug-likeness (QED) is 0.265. The first-order chi connectivity index (χ1) is 12.5. The van der Waals surface area contributed by atoms with E-state index in [-0.39, 0.29) is 23.8 Å². The van der Waals surface area contributed by atoms with Crippen molar-refractivity contribution in [2.24, 2.45) is 5.92 Å². The molecular formula is C21H33NO4. The Kier molecular flexibility index (Phi) is 10.7. The SMILES string of the molecule is CC#CCC(C)C(O)/C=C/[C@H]1CCC(=O)N1CCCCCCC(=O)OC. The third kappa shape index (κ3) is 8.05. The highest BCUT2D eigenvalue weighted by molar-refractivity contribution is 5.79. The van der Waals surface area contributed by atoms with Crippen LogP contribution in [0.25, 0.3) is 0 Å². The van der Waals surface area contributed by atoms with Gasteiger partial charge in [-0.25, -0.2) is 0 Å². The minimum atomic E-state index is -0.535. The molecule has 1 aliphatic heterocycles. The Labute approximate surface area is 157 Å². The van der Waals surface area contributed by atoms with Gasteiger partial charge in [0.05, 0.1) is 19.3 Å². The lowest BCUT2D eigenvalue weighted by atomic mass is 10.00. The second kappa shape index (κ2) is 12.5. The Morgan fingerprint density at radius 2 is 2.12 bits per heavy atom. The monoisotopic (exact) mass is 363 g/mol. The van der Waals surface area contributed by atoms with E-state index in [0.717, 1.165) is 38.6 Å². The van der Waals surface area contributed by atoms with E-state index >= 15 is 0 Å². The van der Waals surface area contributed by atoms with Crippen molar-refractivity contribution in [1.29, 1.82) is 0 Å². The summed E-state index contributed by atoms with van der Waals surface area (Å²) in [6.45, 7) is 4.51. The normalized spacial score (nSPS) is 19.3. The van der Waals surface area contributed by atoms with Gasteiger partial charge in [0.25, 0.3) is 0 Å². The molecule has 146 valence electrons. The maximum atomic E-state index is 12.1. The maximum Gasteiger partial charge on any atom is 0.305 e. The molecule has 1 heterocycles. The molecule has 1 fully saturated rings. The fraction of sp³-hybridized carbons (Fsp3) is 0.714. The van der Waals surface area contributed by atoms with Gasteiger partial charge in [-0.1, -0.05) is 31.9 Å². The summed E-state index contributed by atoms with van der Waals surface area (Å²) in [5.41, 5.74) is 0. The summed E-state index contributed by atoms with van der Waals surface area (Å²) in [5.74, 6) is 5.94. The Morgan fingerprint density at radius 1 is 1.38 bits per heavy atom. The fourth-order valence-corrected chi connectivity index (χ4v) is 3.07. The zero-order valence-electron chi connectivity index (χ0n) is 16.4. The number of ether oxygens (including phenoxy) is 1. The van der Waals surface area contributed by atoms with Crippen LogP contribution in [-0.2, 0) is 14.3 Å². The lowest BCUT2D eigenvalue weighted by molar-refractivity contribution is -0.140. The Balaban J connectivity index is 2.36. The van der Waals surface area contributed by atoms with Gasteiger partial charge >= 0.3 is 5.97 Å². The van der Waals surface area contributed by atoms with E-state index in [1.807, 2.05) is 24.0 Å². The second-order valence-corrected chi connectivity index (χ2v) is 6.92. The van der Waals surface area contributed by atoms with Gasteiger partial charge in [0.15, 0.2) is 0 Å². The number of aliphatic hydroxyl groups excluding tert-OH is 1. The maximum absolute atomic E-state index is 12.1. The van der Waals surface area contributed by atoms with Crippen LogP contribution in [-0.4, -0.2) is 47.7 Å². The number of likely N-dealkylation sites (tertiary alicyclic amines) is 1. The summed E-state index contributed by atoms with van der Waals surface area (Å²) in [7, 11) is 1.41. The largest absolute Gasteiger partial charge is 0.469 e. The molecule has 1 saturated heterocycles. The smallest absolute Gasteiger partial charge is 0.305 e. The number of nitrogens with zero attached hydrogens (tertiary/aromatic N) is 1. The van der Waals surface area contributed by atoms with Crippen molar-refractivity contribution in [3.8, 4) is 11.8 Å². The van der Waals surface area contributed by atoms with Crippen LogP contribution in [0.2, 0.25) is 0 Å². The number of methoxy groups -OCH3 is 1. The molecular weight excluding hydrogens is 330 g/mol. The Morgan fingerprint density at radius 3 is 2.81 bits per heavy atom. The molecule has 1 N–H and O–H groups in total. The summed E-state index contributed by atoms with van der Waals surface area (Å²) < 4.78 is 4.62. The number of hydrogen-bond acceptors (Lipinski definition) is 4. The number of esters is 1. The first kappa shape index (κ1) is 22.2. The van der Waals surface area contributed by atoms with Crippen LogP contribution in [0.15, 0.2) is 12.2 Å². The highest BCUT2D eigenvalue weighted by Gasteiger charge is 2.28. The van der Waals surface area contributed by atoms with Gasteiger partial charge in [-0.3, -0.25) is 9.59 Å². The molecule has 0 saturated carbocycles. The molecule has 26 heavy (non-hydrogen) atoms. The summed E-state index contributed by atoms with van der Waals surface area (Å²) in [5, 5.41) is 10.2. The second-order valence-electron chi connectivity index (χ2n) is 6.92. The van der Waals surface area contributed by atoms with Gasteiger partial charge in [-0.15, -0.1) is 11.8 Å². The average Bonchev–Trinajstić information content (AvgIpc) is 2.99. The average molecular weight is 363 g/mol. The Bertz CT molecular complexity index is 532. The number of amides is 1. The van der Waals surface area contributed by atoms with Crippen molar-refractivity contribution in [1.82, 2.24) is 4.90 Å². The lowest BCUT2D eigenvalue weighted by Gasteiger charge is -2.23. The van der Waals surface area contributed by atoms with Crippen LogP contribution in [0, 0.1) is 17.8 Å². The van der Waals surface area contributed by atoms with Gasteiger partial charge in [0.2, 0.25) is 5.91 Å². The molecule has 2 unspecified atom stereocenters. The van der Waals surface area contributed by atoms with E-state index in [9.17, 15) is 14.7 Å². The summed E-state index contributed by atoms with van der Waals surface area (Å²) in [6.07, 6.45) is 9.49. The van der Waals surface area contributed by atoms with Crippen molar-refractivity contribution in [2.45, 2.75) is 77.4 Å². The highest BCUT2D eigenvalue weighted by atomic mass is 16.5. The zero-order valence-corrected chi connectivity index (χ0v) is 16.4. The molecule has 0 aliphatic carbocycles. The van der Waals surface area contributed by atoms with Crippen LogP contribution in [0.4, 0.5) is 0 Å². The summed E-state index contributed by atoms with van der Waals surface area (Å²) in [4.78, 5) is 25.1. The molecule has 1 rings (SSSR count). The van der Waals surface area contributed by atoms with Gasteiger partial charge in [-0.2, -0.15) is 0 Å². The number of carbonyl (C=O) groups excluding carboxylic acids is 2. The predicted octanol–water partition coefficient (Wildman–Crippen LogP) is 3.07. The van der Waals surface area contributed by atoms with Gasteiger partial charge < -0.3 is 14.7 Å². The number of hydrogen-bond donors (Lipinski definition) is 1. The third-order valence-electron chi connectivity index (χ3n) is 4.85. The minimum Gasteiger partial charge on any atom is -0.469 e. The molecule has 0 aromatic heterocycles. The number of aliphatic hydroxyl groups is 1. The standard InChI is InChI=1S/C21H33NO4/c1-4-5-10-17(2)19(23)14-12-18-13-15-20(24)22(18)16-9-7-6-8-11-21(25)26-3/h12,14,17-19,23H,6-11,13,15-16H2,1-3H3/b14-12+/t17?,18-,19?/m0/s1. The van der Waals surface area contributed by atoms with Crippen molar-refractivity contribution >= 4 is 11.9 Å². The molecule has 5 heteroatoms. The molecule has 0 radical (unpaired) electrons. The number of unbranched alkanes of at least 4 members (excludes halogenated alkanes) is 3. The first-order valence-corrected chi connectivity index (χ1v) is 9.61. The van der Waals surface area contributed by atoms with Crippen molar-refractivity contribution in [3.05, 3.63) is 12.2 Å². The van der Waals surface area contributed by atoms with E-state index in [2.05, 4.69) is 16.6 Å². The van der Waals surface area contributed by atoms with E-state index in [0.29, 0.717) is 19.3 Å². The van der Waals surface area contributed by atoms with Crippen LogP contribution < -0.4 is 0 Å². The van der Waals surface area contributed by atoms with Gasteiger partial charge in [0, 0.05) is 25.8 Å². The molecule has 0 bridgehead atoms. The van der Waals surface area contributed by atoms with E-state index < -0.39 is 6.10 Å². The Hall–Kier alpha value is -1.80. The van der Waals surface area contributed by atoms with E-state index in [1.165, 1.54) is 7.11 Å². The number of rotatable bonds is 11. The summed E-state index contributed by atoms with van der Waals surface area (Å²) >= 11 is 0. The third-order valence-corrected chi connectivity index (χ3v) is 4.85. The number of carbonyl (C=O) groups is 2.